The summed E-state index contributed by atoms with van der Waals surface area (Å²) in [5.74, 6) is 0.0901. The van der Waals surface area contributed by atoms with Gasteiger partial charge in [-0.3, -0.25) is 4.79 Å². The van der Waals surface area contributed by atoms with Crippen LogP contribution in [0.25, 0.3) is 0 Å². The number of aliphatic hydroxyl groups excluding tert-OH is 1. The number of nitrogens with two attached hydrogens (primary N) is 1. The molecule has 3 N–H and O–H groups in total. The van der Waals surface area contributed by atoms with Crippen molar-refractivity contribution >= 4 is 5.91 Å². The normalized spacial score (nSPS) is 29.2. The Labute approximate surface area is 125 Å². The largest absolute Gasteiger partial charge is 0.391 e. The van der Waals surface area contributed by atoms with Crippen molar-refractivity contribution in [2.24, 2.45) is 11.7 Å². The molecule has 2 aliphatic carbocycles. The van der Waals surface area contributed by atoms with Crippen molar-refractivity contribution in [1.29, 1.82) is 0 Å². The van der Waals surface area contributed by atoms with E-state index in [2.05, 4.69) is 24.3 Å². The maximum Gasteiger partial charge on any atom is 0.225 e. The molecule has 0 aromatic heterocycles. The standard InChI is InChI=1S/C17H24N2O2/c1-19(14-8-11-4-2-3-5-12(11)9-14)17(21)13-6-7-15(18)16(20)10-13/h2-5,13-16,20H,6-10,18H2,1H3/t13-,15+,16+/m0/s1. The van der Waals surface area contributed by atoms with Crippen LogP contribution in [0.15, 0.2) is 24.3 Å². The second-order valence-electron chi connectivity index (χ2n) is 6.52. The van der Waals surface area contributed by atoms with Gasteiger partial charge in [0.25, 0.3) is 0 Å². The predicted octanol–water partition coefficient (Wildman–Crippen LogP) is 1.10. The van der Waals surface area contributed by atoms with Gasteiger partial charge >= 0.3 is 0 Å². The highest BCUT2D eigenvalue weighted by Gasteiger charge is 2.35. The van der Waals surface area contributed by atoms with E-state index in [0.29, 0.717) is 6.42 Å². The minimum absolute atomic E-state index is 0.0755. The van der Waals surface area contributed by atoms with Crippen LogP contribution in [0, 0.1) is 5.92 Å². The van der Waals surface area contributed by atoms with Crippen molar-refractivity contribution < 1.29 is 9.90 Å². The van der Waals surface area contributed by atoms with E-state index < -0.39 is 6.10 Å². The van der Waals surface area contributed by atoms with E-state index in [1.807, 2.05) is 11.9 Å². The average Bonchev–Trinajstić information content (AvgIpc) is 2.92. The highest BCUT2D eigenvalue weighted by Crippen LogP contribution is 2.29. The lowest BCUT2D eigenvalue weighted by Gasteiger charge is -2.34. The van der Waals surface area contributed by atoms with Gasteiger partial charge in [-0.05, 0) is 43.2 Å². The number of nitrogens with zero attached hydrogens (tertiary/aromatic N) is 1. The summed E-state index contributed by atoms with van der Waals surface area (Å²) in [7, 11) is 1.90. The monoisotopic (exact) mass is 288 g/mol. The van der Waals surface area contributed by atoms with Crippen LogP contribution < -0.4 is 5.73 Å². The first-order valence-electron chi connectivity index (χ1n) is 7.83. The van der Waals surface area contributed by atoms with Crippen LogP contribution >= 0.6 is 0 Å². The van der Waals surface area contributed by atoms with Crippen LogP contribution in [0.5, 0.6) is 0 Å². The number of amides is 1. The number of hydrogen-bond acceptors (Lipinski definition) is 3. The molecule has 0 heterocycles. The van der Waals surface area contributed by atoms with Crippen LogP contribution in [0.4, 0.5) is 0 Å². The zero-order valence-electron chi connectivity index (χ0n) is 12.5. The molecule has 1 amide bonds. The van der Waals surface area contributed by atoms with Crippen LogP contribution in [-0.2, 0) is 17.6 Å². The third-order valence-corrected chi connectivity index (χ3v) is 5.14. The first-order valence-corrected chi connectivity index (χ1v) is 7.83. The van der Waals surface area contributed by atoms with Crippen LogP contribution in [0.3, 0.4) is 0 Å². The molecule has 1 aromatic carbocycles. The van der Waals surface area contributed by atoms with Gasteiger partial charge in [-0.15, -0.1) is 0 Å². The number of likely N-dealkylation sites (N-methyl/N-ethyl adjacent to an activating group) is 1. The summed E-state index contributed by atoms with van der Waals surface area (Å²) in [4.78, 5) is 14.6. The third-order valence-electron chi connectivity index (χ3n) is 5.14. The predicted molar refractivity (Wildman–Crippen MR) is 81.7 cm³/mol. The Morgan fingerprint density at radius 3 is 2.43 bits per heavy atom. The molecule has 3 atom stereocenters. The van der Waals surface area contributed by atoms with E-state index in [1.165, 1.54) is 11.1 Å². The van der Waals surface area contributed by atoms with Crippen molar-refractivity contribution in [1.82, 2.24) is 4.90 Å². The summed E-state index contributed by atoms with van der Waals surface area (Å²) in [6.45, 7) is 0. The lowest BCUT2D eigenvalue weighted by molar-refractivity contribution is -0.138. The molecular weight excluding hydrogens is 264 g/mol. The van der Waals surface area contributed by atoms with Gasteiger partial charge in [0.2, 0.25) is 5.91 Å². The minimum Gasteiger partial charge on any atom is -0.391 e. The molecule has 4 heteroatoms. The summed E-state index contributed by atoms with van der Waals surface area (Å²) in [6.07, 6.45) is 3.36. The molecule has 0 spiro atoms. The highest BCUT2D eigenvalue weighted by molar-refractivity contribution is 5.79. The second kappa shape index (κ2) is 5.78. The lowest BCUT2D eigenvalue weighted by atomic mass is 9.83. The van der Waals surface area contributed by atoms with Crippen LogP contribution in [-0.4, -0.2) is 41.1 Å². The molecule has 0 aliphatic heterocycles. The van der Waals surface area contributed by atoms with E-state index >= 15 is 0 Å². The van der Waals surface area contributed by atoms with Crippen molar-refractivity contribution in [3.8, 4) is 0 Å². The SMILES string of the molecule is CN(C(=O)[C@H]1CC[C@@H](N)[C@H](O)C1)C1Cc2ccccc2C1. The second-order valence-corrected chi connectivity index (χ2v) is 6.52. The van der Waals surface area contributed by atoms with Gasteiger partial charge in [0.1, 0.15) is 0 Å². The zero-order valence-corrected chi connectivity index (χ0v) is 12.5. The van der Waals surface area contributed by atoms with Crippen molar-refractivity contribution in [3.63, 3.8) is 0 Å². The molecule has 114 valence electrons. The number of rotatable bonds is 2. The summed E-state index contributed by atoms with van der Waals surface area (Å²) >= 11 is 0. The lowest BCUT2D eigenvalue weighted by Crippen LogP contribution is -2.47. The van der Waals surface area contributed by atoms with E-state index in [-0.39, 0.29) is 23.9 Å². The fourth-order valence-electron chi connectivity index (χ4n) is 3.67. The molecule has 2 aliphatic rings. The Balaban J connectivity index is 1.64. The molecule has 4 nitrogen and oxygen atoms in total. The topological polar surface area (TPSA) is 66.6 Å². The average molecular weight is 288 g/mol. The molecule has 0 unspecified atom stereocenters. The fraction of sp³-hybridized carbons (Fsp3) is 0.588. The molecular formula is C17H24N2O2. The molecule has 3 rings (SSSR count). The van der Waals surface area contributed by atoms with Gasteiger partial charge in [0.15, 0.2) is 0 Å². The van der Waals surface area contributed by atoms with Crippen LogP contribution in [0.1, 0.15) is 30.4 Å². The highest BCUT2D eigenvalue weighted by atomic mass is 16.3. The number of benzene rings is 1. The maximum absolute atomic E-state index is 12.7. The number of carbonyl (C=O) groups is 1. The summed E-state index contributed by atoms with van der Waals surface area (Å²) in [6, 6.07) is 8.50. The van der Waals surface area contributed by atoms with Gasteiger partial charge in [0, 0.05) is 25.0 Å². The Bertz CT molecular complexity index is 506. The molecule has 0 radical (unpaired) electrons. The van der Waals surface area contributed by atoms with Gasteiger partial charge in [0.05, 0.1) is 6.10 Å². The Morgan fingerprint density at radius 1 is 1.24 bits per heavy atom. The van der Waals surface area contributed by atoms with Gasteiger partial charge in [-0.1, -0.05) is 24.3 Å². The summed E-state index contributed by atoms with van der Waals surface area (Å²) in [5, 5.41) is 9.89. The Morgan fingerprint density at radius 2 is 1.86 bits per heavy atom. The van der Waals surface area contributed by atoms with E-state index in [0.717, 1.165) is 25.7 Å². The molecule has 0 bridgehead atoms. The molecule has 1 fully saturated rings. The molecule has 1 saturated carbocycles. The van der Waals surface area contributed by atoms with Gasteiger partial charge < -0.3 is 15.7 Å². The summed E-state index contributed by atoms with van der Waals surface area (Å²) in [5.41, 5.74) is 8.53. The number of aliphatic hydroxyl groups is 1. The zero-order chi connectivity index (χ0) is 15.0. The smallest absolute Gasteiger partial charge is 0.225 e. The van der Waals surface area contributed by atoms with Crippen molar-refractivity contribution in [2.75, 3.05) is 7.05 Å². The van der Waals surface area contributed by atoms with E-state index in [1.54, 1.807) is 0 Å². The first-order chi connectivity index (χ1) is 10.1. The Kier molecular flexibility index (Phi) is 4.00. The quantitative estimate of drug-likeness (QED) is 0.856. The summed E-state index contributed by atoms with van der Waals surface area (Å²) < 4.78 is 0. The fourth-order valence-corrected chi connectivity index (χ4v) is 3.67. The van der Waals surface area contributed by atoms with Crippen LogP contribution in [0.2, 0.25) is 0 Å². The Hall–Kier alpha value is -1.39. The third kappa shape index (κ3) is 2.83. The van der Waals surface area contributed by atoms with Crippen molar-refractivity contribution in [3.05, 3.63) is 35.4 Å². The molecule has 1 aromatic rings. The van der Waals surface area contributed by atoms with E-state index in [9.17, 15) is 9.90 Å². The maximum atomic E-state index is 12.7. The minimum atomic E-state index is -0.540. The molecule has 0 saturated heterocycles. The number of carbonyl (C=O) groups excluding carboxylic acids is 1. The van der Waals surface area contributed by atoms with Gasteiger partial charge in [-0.2, -0.15) is 0 Å². The first kappa shape index (κ1) is 14.5. The number of fused-ring (bicyclic) bond motifs is 1. The van der Waals surface area contributed by atoms with Gasteiger partial charge in [-0.25, -0.2) is 0 Å². The number of hydrogen-bond donors (Lipinski definition) is 2. The van der Waals surface area contributed by atoms with E-state index in [4.69, 9.17) is 5.73 Å². The molecule has 21 heavy (non-hydrogen) atoms. The van der Waals surface area contributed by atoms with Crippen molar-refractivity contribution in [2.45, 2.75) is 50.3 Å².